The maximum atomic E-state index is 14.1. The fourth-order valence-corrected chi connectivity index (χ4v) is 1.80. The molecule has 0 aliphatic heterocycles. The number of rotatable bonds is 7. The summed E-state index contributed by atoms with van der Waals surface area (Å²) in [4.78, 5) is 1.81. The lowest BCUT2D eigenvalue weighted by molar-refractivity contribution is 0.205. The van der Waals surface area contributed by atoms with Crippen LogP contribution in [0.25, 0.3) is 0 Å². The van der Waals surface area contributed by atoms with Crippen LogP contribution in [0.15, 0.2) is 18.2 Å². The molecule has 0 bridgehead atoms. The molecule has 0 spiro atoms. The standard InChI is InChI=1S/C14H20FN3O/c1-11(17)12-4-5-14(13(15)10-12)18(7-3-6-16)8-9-19-2/h4-5,10-11H,3,7-9,17H2,1-2H3/t11-/m0/s1. The summed E-state index contributed by atoms with van der Waals surface area (Å²) in [7, 11) is 1.60. The van der Waals surface area contributed by atoms with Crippen LogP contribution in [0.1, 0.15) is 24.9 Å². The first kappa shape index (κ1) is 15.4. The van der Waals surface area contributed by atoms with Crippen molar-refractivity contribution in [2.24, 2.45) is 5.73 Å². The van der Waals surface area contributed by atoms with Crippen LogP contribution in [-0.4, -0.2) is 26.8 Å². The van der Waals surface area contributed by atoms with Gasteiger partial charge in [-0.2, -0.15) is 5.26 Å². The number of nitrogens with zero attached hydrogens (tertiary/aromatic N) is 2. The van der Waals surface area contributed by atoms with Crippen LogP contribution < -0.4 is 10.6 Å². The monoisotopic (exact) mass is 265 g/mol. The zero-order chi connectivity index (χ0) is 14.3. The second-order valence-corrected chi connectivity index (χ2v) is 4.39. The molecule has 0 heterocycles. The molecule has 0 saturated carbocycles. The lowest BCUT2D eigenvalue weighted by atomic mass is 10.1. The van der Waals surface area contributed by atoms with Gasteiger partial charge in [0.1, 0.15) is 5.82 Å². The molecule has 0 aromatic heterocycles. The molecule has 0 aliphatic rings. The molecule has 1 atom stereocenters. The summed E-state index contributed by atoms with van der Waals surface area (Å²) >= 11 is 0. The van der Waals surface area contributed by atoms with Crippen LogP contribution >= 0.6 is 0 Å². The van der Waals surface area contributed by atoms with Gasteiger partial charge in [-0.3, -0.25) is 0 Å². The summed E-state index contributed by atoms with van der Waals surface area (Å²) in [6, 6.07) is 6.84. The van der Waals surface area contributed by atoms with Crippen molar-refractivity contribution in [1.29, 1.82) is 5.26 Å². The molecule has 0 aliphatic carbocycles. The molecule has 4 nitrogen and oxygen atoms in total. The highest BCUT2D eigenvalue weighted by Crippen LogP contribution is 2.23. The van der Waals surface area contributed by atoms with E-state index in [0.29, 0.717) is 31.8 Å². The number of nitrogens with two attached hydrogens (primary N) is 1. The Bertz CT molecular complexity index is 443. The Labute approximate surface area is 113 Å². The predicted octanol–water partition coefficient (Wildman–Crippen LogP) is 2.21. The van der Waals surface area contributed by atoms with E-state index in [2.05, 4.69) is 6.07 Å². The van der Waals surface area contributed by atoms with Gasteiger partial charge in [0.25, 0.3) is 0 Å². The minimum atomic E-state index is -0.316. The van der Waals surface area contributed by atoms with Crippen LogP contribution in [0, 0.1) is 17.1 Å². The van der Waals surface area contributed by atoms with Crippen LogP contribution in [0.4, 0.5) is 10.1 Å². The molecule has 1 aromatic carbocycles. The first-order chi connectivity index (χ1) is 9.10. The summed E-state index contributed by atoms with van der Waals surface area (Å²) in [6.45, 7) is 3.33. The number of benzene rings is 1. The van der Waals surface area contributed by atoms with Crippen LogP contribution in [-0.2, 0) is 4.74 Å². The zero-order valence-electron chi connectivity index (χ0n) is 11.4. The minimum absolute atomic E-state index is 0.199. The van der Waals surface area contributed by atoms with Crippen LogP contribution in [0.2, 0.25) is 0 Å². The molecule has 5 heteroatoms. The number of hydrogen-bond acceptors (Lipinski definition) is 4. The van der Waals surface area contributed by atoms with E-state index in [4.69, 9.17) is 15.7 Å². The van der Waals surface area contributed by atoms with Gasteiger partial charge in [-0.25, -0.2) is 4.39 Å². The highest BCUT2D eigenvalue weighted by Gasteiger charge is 2.13. The third kappa shape index (κ3) is 4.51. The van der Waals surface area contributed by atoms with Crippen molar-refractivity contribution < 1.29 is 9.13 Å². The Balaban J connectivity index is 2.91. The van der Waals surface area contributed by atoms with E-state index < -0.39 is 0 Å². The molecule has 0 saturated heterocycles. The van der Waals surface area contributed by atoms with Gasteiger partial charge in [0.15, 0.2) is 0 Å². The van der Waals surface area contributed by atoms with E-state index in [1.54, 1.807) is 13.2 Å². The molecule has 2 N–H and O–H groups in total. The lowest BCUT2D eigenvalue weighted by Gasteiger charge is -2.24. The zero-order valence-corrected chi connectivity index (χ0v) is 11.4. The van der Waals surface area contributed by atoms with E-state index in [1.807, 2.05) is 17.9 Å². The smallest absolute Gasteiger partial charge is 0.146 e. The van der Waals surface area contributed by atoms with E-state index >= 15 is 0 Å². The summed E-state index contributed by atoms with van der Waals surface area (Å²) in [5.74, 6) is -0.316. The molecule has 0 unspecified atom stereocenters. The number of hydrogen-bond donors (Lipinski definition) is 1. The van der Waals surface area contributed by atoms with E-state index in [0.717, 1.165) is 5.56 Å². The van der Waals surface area contributed by atoms with Crippen molar-refractivity contribution in [1.82, 2.24) is 0 Å². The van der Waals surface area contributed by atoms with Crippen molar-refractivity contribution in [3.05, 3.63) is 29.6 Å². The van der Waals surface area contributed by atoms with Gasteiger partial charge in [0, 0.05) is 26.2 Å². The first-order valence-electron chi connectivity index (χ1n) is 6.26. The summed E-state index contributed by atoms with van der Waals surface area (Å²) in [6.07, 6.45) is 0.345. The summed E-state index contributed by atoms with van der Waals surface area (Å²) < 4.78 is 19.1. The quantitative estimate of drug-likeness (QED) is 0.821. The molecular weight excluding hydrogens is 245 g/mol. The Morgan fingerprint density at radius 2 is 2.21 bits per heavy atom. The summed E-state index contributed by atoms with van der Waals surface area (Å²) in [5, 5.41) is 8.66. The minimum Gasteiger partial charge on any atom is -0.383 e. The number of nitriles is 1. The fourth-order valence-electron chi connectivity index (χ4n) is 1.80. The van der Waals surface area contributed by atoms with Crippen LogP contribution in [0.5, 0.6) is 0 Å². The molecule has 19 heavy (non-hydrogen) atoms. The van der Waals surface area contributed by atoms with E-state index in [-0.39, 0.29) is 11.9 Å². The maximum absolute atomic E-state index is 14.1. The molecule has 0 radical (unpaired) electrons. The van der Waals surface area contributed by atoms with E-state index in [1.165, 1.54) is 6.07 Å². The predicted molar refractivity (Wildman–Crippen MR) is 73.3 cm³/mol. The number of anilines is 1. The second kappa shape index (κ2) is 7.72. The SMILES string of the molecule is COCCN(CCC#N)c1ccc([C@H](C)N)cc1F. The fraction of sp³-hybridized carbons (Fsp3) is 0.500. The average Bonchev–Trinajstić information content (AvgIpc) is 2.39. The molecule has 0 fully saturated rings. The van der Waals surface area contributed by atoms with Gasteiger partial charge in [-0.15, -0.1) is 0 Å². The Morgan fingerprint density at radius 1 is 1.47 bits per heavy atom. The highest BCUT2D eigenvalue weighted by atomic mass is 19.1. The second-order valence-electron chi connectivity index (χ2n) is 4.39. The lowest BCUT2D eigenvalue weighted by Crippen LogP contribution is -2.29. The van der Waals surface area contributed by atoms with Gasteiger partial charge < -0.3 is 15.4 Å². The van der Waals surface area contributed by atoms with Crippen molar-refractivity contribution in [2.75, 3.05) is 31.7 Å². The normalized spacial score (nSPS) is 11.9. The van der Waals surface area contributed by atoms with Crippen molar-refractivity contribution >= 4 is 5.69 Å². The van der Waals surface area contributed by atoms with Crippen LogP contribution in [0.3, 0.4) is 0 Å². The van der Waals surface area contributed by atoms with Crippen molar-refractivity contribution in [3.63, 3.8) is 0 Å². The van der Waals surface area contributed by atoms with Crippen molar-refractivity contribution in [3.8, 4) is 6.07 Å². The molecule has 1 rings (SSSR count). The van der Waals surface area contributed by atoms with Gasteiger partial charge >= 0.3 is 0 Å². The third-order valence-electron chi connectivity index (χ3n) is 2.90. The molecule has 104 valence electrons. The van der Waals surface area contributed by atoms with E-state index in [9.17, 15) is 4.39 Å². The topological polar surface area (TPSA) is 62.3 Å². The average molecular weight is 265 g/mol. The number of methoxy groups -OCH3 is 1. The Hall–Kier alpha value is -1.64. The van der Waals surface area contributed by atoms with Crippen molar-refractivity contribution in [2.45, 2.75) is 19.4 Å². The van der Waals surface area contributed by atoms with Gasteiger partial charge in [0.2, 0.25) is 0 Å². The third-order valence-corrected chi connectivity index (χ3v) is 2.90. The molecule has 0 amide bonds. The maximum Gasteiger partial charge on any atom is 0.146 e. The summed E-state index contributed by atoms with van der Waals surface area (Å²) in [5.41, 5.74) is 6.97. The van der Waals surface area contributed by atoms with Gasteiger partial charge in [-0.1, -0.05) is 6.07 Å². The van der Waals surface area contributed by atoms with Gasteiger partial charge in [0.05, 0.1) is 24.8 Å². The Morgan fingerprint density at radius 3 is 2.74 bits per heavy atom. The largest absolute Gasteiger partial charge is 0.383 e. The molecular formula is C14H20FN3O. The number of ether oxygens (including phenoxy) is 1. The first-order valence-corrected chi connectivity index (χ1v) is 6.26. The Kier molecular flexibility index (Phi) is 6.26. The highest BCUT2D eigenvalue weighted by molar-refractivity contribution is 5.49. The number of halogens is 1. The molecule has 1 aromatic rings. The van der Waals surface area contributed by atoms with Gasteiger partial charge in [-0.05, 0) is 24.6 Å².